The molecular weight excluding hydrogens is 316 g/mol. The van der Waals surface area contributed by atoms with Crippen LogP contribution in [0.5, 0.6) is 0 Å². The lowest BCUT2D eigenvalue weighted by molar-refractivity contribution is 0.0705. The van der Waals surface area contributed by atoms with Gasteiger partial charge >= 0.3 is 0 Å². The number of piperidine rings is 1. The Kier molecular flexibility index (Phi) is 5.66. The normalized spacial score (nSPS) is 23.0. The van der Waals surface area contributed by atoms with Crippen LogP contribution in [-0.2, 0) is 0 Å². The molecular formula is C17H23ClN2OS. The third-order valence-corrected chi connectivity index (χ3v) is 6.18. The summed E-state index contributed by atoms with van der Waals surface area (Å²) < 4.78 is 0. The number of carbonyl (C=O) groups is 1. The molecule has 0 bridgehead atoms. The number of benzene rings is 1. The van der Waals surface area contributed by atoms with E-state index in [0.717, 1.165) is 43.3 Å². The maximum atomic E-state index is 12.4. The van der Waals surface area contributed by atoms with Gasteiger partial charge in [-0.3, -0.25) is 4.79 Å². The Morgan fingerprint density at radius 2 is 1.95 bits per heavy atom. The van der Waals surface area contributed by atoms with Crippen LogP contribution in [0.1, 0.15) is 36.0 Å². The molecule has 2 fully saturated rings. The number of rotatable bonds is 4. The molecule has 0 unspecified atom stereocenters. The van der Waals surface area contributed by atoms with Crippen LogP contribution in [0.25, 0.3) is 0 Å². The standard InChI is InChI=1S/C17H23ClN2OS/c18-14-5-3-13(4-6-14)17(21)20-9-7-15(8-10-20)19-12-16-2-1-11-22-16/h3-6,15-16,19H,1-2,7-12H2/t16-/m0/s1. The van der Waals surface area contributed by atoms with Gasteiger partial charge in [-0.05, 0) is 55.7 Å². The van der Waals surface area contributed by atoms with Crippen LogP contribution in [0.15, 0.2) is 24.3 Å². The highest BCUT2D eigenvalue weighted by molar-refractivity contribution is 8.00. The second-order valence-electron chi connectivity index (χ2n) is 6.12. The van der Waals surface area contributed by atoms with Gasteiger partial charge in [-0.2, -0.15) is 11.8 Å². The van der Waals surface area contributed by atoms with Crippen molar-refractivity contribution < 1.29 is 4.79 Å². The Balaban J connectivity index is 1.44. The molecule has 0 spiro atoms. The Morgan fingerprint density at radius 1 is 1.23 bits per heavy atom. The summed E-state index contributed by atoms with van der Waals surface area (Å²) in [5.74, 6) is 1.45. The van der Waals surface area contributed by atoms with Gasteiger partial charge in [-0.1, -0.05) is 11.6 Å². The fourth-order valence-corrected chi connectivity index (χ4v) is 4.51. The van der Waals surface area contributed by atoms with Gasteiger partial charge in [0.15, 0.2) is 0 Å². The van der Waals surface area contributed by atoms with E-state index >= 15 is 0 Å². The van der Waals surface area contributed by atoms with E-state index in [2.05, 4.69) is 17.1 Å². The number of nitrogens with one attached hydrogen (secondary N) is 1. The Bertz CT molecular complexity index is 494. The number of hydrogen-bond donors (Lipinski definition) is 1. The molecule has 1 aromatic rings. The van der Waals surface area contributed by atoms with Crippen LogP contribution >= 0.6 is 23.4 Å². The summed E-state index contributed by atoms with van der Waals surface area (Å²) in [6.45, 7) is 2.81. The molecule has 1 N–H and O–H groups in total. The van der Waals surface area contributed by atoms with Gasteiger partial charge in [0.2, 0.25) is 0 Å². The molecule has 2 saturated heterocycles. The molecule has 1 atom stereocenters. The number of hydrogen-bond acceptors (Lipinski definition) is 3. The van der Waals surface area contributed by atoms with E-state index in [1.165, 1.54) is 18.6 Å². The SMILES string of the molecule is O=C(c1ccc(Cl)cc1)N1CCC(NC[C@@H]2CCCS2)CC1. The molecule has 2 aliphatic heterocycles. The van der Waals surface area contributed by atoms with Crippen molar-refractivity contribution in [3.8, 4) is 0 Å². The molecule has 1 aromatic carbocycles. The van der Waals surface area contributed by atoms with E-state index in [-0.39, 0.29) is 5.91 Å². The number of thioether (sulfide) groups is 1. The van der Waals surface area contributed by atoms with Gasteiger partial charge in [-0.25, -0.2) is 0 Å². The highest BCUT2D eigenvalue weighted by Crippen LogP contribution is 2.25. The summed E-state index contributed by atoms with van der Waals surface area (Å²) in [6.07, 6.45) is 4.82. The first-order chi connectivity index (χ1) is 10.7. The largest absolute Gasteiger partial charge is 0.339 e. The summed E-state index contributed by atoms with van der Waals surface area (Å²) in [7, 11) is 0. The highest BCUT2D eigenvalue weighted by atomic mass is 35.5. The van der Waals surface area contributed by atoms with Crippen molar-refractivity contribution in [3.63, 3.8) is 0 Å². The molecule has 5 heteroatoms. The average Bonchev–Trinajstić information content (AvgIpc) is 3.07. The second-order valence-corrected chi connectivity index (χ2v) is 7.96. The van der Waals surface area contributed by atoms with Gasteiger partial charge in [-0.15, -0.1) is 0 Å². The number of halogens is 1. The molecule has 0 radical (unpaired) electrons. The molecule has 120 valence electrons. The summed E-state index contributed by atoms with van der Waals surface area (Å²) in [5, 5.41) is 5.16. The van der Waals surface area contributed by atoms with Crippen molar-refractivity contribution in [3.05, 3.63) is 34.9 Å². The Labute approximate surface area is 141 Å². The molecule has 22 heavy (non-hydrogen) atoms. The summed E-state index contributed by atoms with van der Waals surface area (Å²) in [6, 6.07) is 7.75. The predicted octanol–water partition coefficient (Wildman–Crippen LogP) is 3.43. The van der Waals surface area contributed by atoms with Crippen molar-refractivity contribution >= 4 is 29.3 Å². The molecule has 2 heterocycles. The first-order valence-corrected chi connectivity index (χ1v) is 9.55. The summed E-state index contributed by atoms with van der Waals surface area (Å²) in [4.78, 5) is 14.4. The van der Waals surface area contributed by atoms with Crippen molar-refractivity contribution in [1.29, 1.82) is 0 Å². The van der Waals surface area contributed by atoms with E-state index < -0.39 is 0 Å². The van der Waals surface area contributed by atoms with Crippen LogP contribution in [0.4, 0.5) is 0 Å². The topological polar surface area (TPSA) is 32.3 Å². The molecule has 3 nitrogen and oxygen atoms in total. The lowest BCUT2D eigenvalue weighted by Gasteiger charge is -2.33. The fourth-order valence-electron chi connectivity index (χ4n) is 3.17. The van der Waals surface area contributed by atoms with Gasteiger partial charge in [0.05, 0.1) is 0 Å². The third kappa shape index (κ3) is 4.18. The van der Waals surface area contributed by atoms with Crippen LogP contribution in [0, 0.1) is 0 Å². The first-order valence-electron chi connectivity index (χ1n) is 8.12. The fraction of sp³-hybridized carbons (Fsp3) is 0.588. The molecule has 2 aliphatic rings. The van der Waals surface area contributed by atoms with Gasteiger partial charge in [0, 0.05) is 41.5 Å². The predicted molar refractivity (Wildman–Crippen MR) is 93.9 cm³/mol. The van der Waals surface area contributed by atoms with Gasteiger partial charge in [0.25, 0.3) is 5.91 Å². The summed E-state index contributed by atoms with van der Waals surface area (Å²) >= 11 is 7.97. The van der Waals surface area contributed by atoms with E-state index in [0.29, 0.717) is 11.1 Å². The minimum Gasteiger partial charge on any atom is -0.339 e. The van der Waals surface area contributed by atoms with E-state index in [1.54, 1.807) is 12.1 Å². The molecule has 0 aromatic heterocycles. The van der Waals surface area contributed by atoms with E-state index in [1.807, 2.05) is 17.0 Å². The number of carbonyl (C=O) groups excluding carboxylic acids is 1. The Hall–Kier alpha value is -0.710. The minimum atomic E-state index is 0.126. The van der Waals surface area contributed by atoms with Gasteiger partial charge in [0.1, 0.15) is 0 Å². The van der Waals surface area contributed by atoms with Crippen LogP contribution in [0.2, 0.25) is 5.02 Å². The van der Waals surface area contributed by atoms with Crippen molar-refractivity contribution in [1.82, 2.24) is 10.2 Å². The van der Waals surface area contributed by atoms with Crippen LogP contribution in [0.3, 0.4) is 0 Å². The number of nitrogens with zero attached hydrogens (tertiary/aromatic N) is 1. The second kappa shape index (κ2) is 7.71. The lowest BCUT2D eigenvalue weighted by atomic mass is 10.0. The monoisotopic (exact) mass is 338 g/mol. The third-order valence-electron chi connectivity index (χ3n) is 4.53. The van der Waals surface area contributed by atoms with Crippen molar-refractivity contribution in [2.75, 3.05) is 25.4 Å². The minimum absolute atomic E-state index is 0.126. The van der Waals surface area contributed by atoms with Gasteiger partial charge < -0.3 is 10.2 Å². The van der Waals surface area contributed by atoms with Crippen LogP contribution in [-0.4, -0.2) is 47.5 Å². The molecule has 0 saturated carbocycles. The van der Waals surface area contributed by atoms with E-state index in [4.69, 9.17) is 11.6 Å². The van der Waals surface area contributed by atoms with E-state index in [9.17, 15) is 4.79 Å². The number of amides is 1. The number of likely N-dealkylation sites (tertiary alicyclic amines) is 1. The zero-order valence-electron chi connectivity index (χ0n) is 12.8. The highest BCUT2D eigenvalue weighted by Gasteiger charge is 2.24. The smallest absolute Gasteiger partial charge is 0.253 e. The molecule has 1 amide bonds. The first kappa shape index (κ1) is 16.2. The quantitative estimate of drug-likeness (QED) is 0.912. The zero-order chi connectivity index (χ0) is 15.4. The van der Waals surface area contributed by atoms with Crippen LogP contribution < -0.4 is 5.32 Å². The zero-order valence-corrected chi connectivity index (χ0v) is 14.3. The van der Waals surface area contributed by atoms with Crippen molar-refractivity contribution in [2.24, 2.45) is 0 Å². The van der Waals surface area contributed by atoms with Crippen molar-refractivity contribution in [2.45, 2.75) is 37.0 Å². The molecule has 3 rings (SSSR count). The maximum Gasteiger partial charge on any atom is 0.253 e. The molecule has 0 aliphatic carbocycles. The average molecular weight is 339 g/mol. The lowest BCUT2D eigenvalue weighted by Crippen LogP contribution is -2.46. The maximum absolute atomic E-state index is 12.4. The summed E-state index contributed by atoms with van der Waals surface area (Å²) in [5.41, 5.74) is 0.734. The Morgan fingerprint density at radius 3 is 2.59 bits per heavy atom.